The summed E-state index contributed by atoms with van der Waals surface area (Å²) >= 11 is 5.97. The Morgan fingerprint density at radius 3 is 2.70 bits per heavy atom. The number of carbonyl (C=O) groups excluding carboxylic acids is 1. The number of benzene rings is 1. The van der Waals surface area contributed by atoms with Gasteiger partial charge in [-0.2, -0.15) is 0 Å². The minimum absolute atomic E-state index is 0.0171. The first kappa shape index (κ1) is 16.3. The van der Waals surface area contributed by atoms with Gasteiger partial charge in [0.15, 0.2) is 0 Å². The number of likely N-dealkylation sites (N-methyl/N-ethyl adjacent to an activating group) is 1. The lowest BCUT2D eigenvalue weighted by molar-refractivity contribution is -0.137. The molecule has 1 rings (SSSR count). The van der Waals surface area contributed by atoms with Crippen molar-refractivity contribution in [3.63, 3.8) is 0 Å². The Bertz CT molecular complexity index is 508. The van der Waals surface area contributed by atoms with E-state index in [-0.39, 0.29) is 12.3 Å². The van der Waals surface area contributed by atoms with Gasteiger partial charge in [0, 0.05) is 12.2 Å². The van der Waals surface area contributed by atoms with Crippen LogP contribution in [0.5, 0.6) is 0 Å². The Morgan fingerprint density at radius 2 is 2.15 bits per heavy atom. The quantitative estimate of drug-likeness (QED) is 0.694. The summed E-state index contributed by atoms with van der Waals surface area (Å²) in [7, 11) is 1.69. The number of carbonyl (C=O) groups is 2. The van der Waals surface area contributed by atoms with Crippen LogP contribution in [-0.2, 0) is 9.59 Å². The predicted octanol–water partition coefficient (Wildman–Crippen LogP) is 1.66. The fourth-order valence-electron chi connectivity index (χ4n) is 1.54. The molecule has 1 atom stereocenters. The van der Waals surface area contributed by atoms with Crippen LogP contribution >= 0.6 is 11.6 Å². The molecule has 0 saturated heterocycles. The van der Waals surface area contributed by atoms with Gasteiger partial charge in [-0.15, -0.1) is 0 Å². The first-order chi connectivity index (χ1) is 9.31. The summed E-state index contributed by atoms with van der Waals surface area (Å²) < 4.78 is 0. The molecule has 0 saturated carbocycles. The predicted molar refractivity (Wildman–Crippen MR) is 78.8 cm³/mol. The average Bonchev–Trinajstić information content (AvgIpc) is 2.38. The van der Waals surface area contributed by atoms with Crippen LogP contribution in [-0.4, -0.2) is 41.5 Å². The molecule has 0 aliphatic rings. The van der Waals surface area contributed by atoms with Gasteiger partial charge in [0.2, 0.25) is 5.91 Å². The first-order valence-electron chi connectivity index (χ1n) is 6.09. The maximum atomic E-state index is 12.0. The van der Waals surface area contributed by atoms with Crippen molar-refractivity contribution < 1.29 is 14.7 Å². The van der Waals surface area contributed by atoms with Crippen molar-refractivity contribution in [3.05, 3.63) is 23.2 Å². The standard InChI is InChI=1S/C13H18ClN3O3/c1-8(17(2)6-5-12(18)19)13(20)16-11-4-3-9(15)7-10(11)14/h3-4,7-8H,5-6,15H2,1-2H3,(H,16,20)(H,18,19). The molecule has 110 valence electrons. The molecule has 20 heavy (non-hydrogen) atoms. The third-order valence-corrected chi connectivity index (χ3v) is 3.28. The van der Waals surface area contributed by atoms with Gasteiger partial charge in [0.1, 0.15) is 0 Å². The van der Waals surface area contributed by atoms with Crippen LogP contribution in [0.3, 0.4) is 0 Å². The van der Waals surface area contributed by atoms with E-state index < -0.39 is 12.0 Å². The van der Waals surface area contributed by atoms with E-state index in [1.54, 1.807) is 37.1 Å². The third-order valence-electron chi connectivity index (χ3n) is 2.97. The molecule has 0 heterocycles. The van der Waals surface area contributed by atoms with Crippen molar-refractivity contribution in [2.75, 3.05) is 24.6 Å². The number of nitrogens with zero attached hydrogens (tertiary/aromatic N) is 1. The van der Waals surface area contributed by atoms with Crippen LogP contribution in [0.25, 0.3) is 0 Å². The Morgan fingerprint density at radius 1 is 1.50 bits per heavy atom. The fourth-order valence-corrected chi connectivity index (χ4v) is 1.77. The van der Waals surface area contributed by atoms with Crippen molar-refractivity contribution in [1.82, 2.24) is 4.90 Å². The van der Waals surface area contributed by atoms with E-state index >= 15 is 0 Å². The van der Waals surface area contributed by atoms with E-state index in [9.17, 15) is 9.59 Å². The van der Waals surface area contributed by atoms with Crippen LogP contribution in [0.15, 0.2) is 18.2 Å². The number of amides is 1. The lowest BCUT2D eigenvalue weighted by atomic mass is 10.2. The van der Waals surface area contributed by atoms with Crippen LogP contribution in [0.4, 0.5) is 11.4 Å². The number of nitrogens with one attached hydrogen (secondary N) is 1. The molecule has 0 aromatic heterocycles. The van der Waals surface area contributed by atoms with Gasteiger partial charge in [0.25, 0.3) is 0 Å². The molecule has 1 aromatic carbocycles. The number of halogens is 1. The second-order valence-electron chi connectivity index (χ2n) is 4.53. The van der Waals surface area contributed by atoms with Crippen molar-refractivity contribution in [2.45, 2.75) is 19.4 Å². The molecule has 1 aromatic rings. The fraction of sp³-hybridized carbons (Fsp3) is 0.385. The molecule has 0 aliphatic carbocycles. The number of rotatable bonds is 6. The Labute approximate surface area is 122 Å². The number of nitrogens with two attached hydrogens (primary N) is 1. The molecule has 0 fully saturated rings. The molecule has 0 bridgehead atoms. The zero-order valence-corrected chi connectivity index (χ0v) is 12.1. The Kier molecular flexibility index (Phi) is 5.79. The van der Waals surface area contributed by atoms with Gasteiger partial charge in [-0.05, 0) is 32.2 Å². The van der Waals surface area contributed by atoms with E-state index in [0.717, 1.165) is 0 Å². The minimum Gasteiger partial charge on any atom is -0.481 e. The number of nitrogen functional groups attached to an aromatic ring is 1. The molecule has 4 N–H and O–H groups in total. The Hall–Kier alpha value is -1.79. The van der Waals surface area contributed by atoms with Crippen LogP contribution in [0, 0.1) is 0 Å². The van der Waals surface area contributed by atoms with Gasteiger partial charge < -0.3 is 16.2 Å². The van der Waals surface area contributed by atoms with E-state index in [1.807, 2.05) is 0 Å². The molecule has 1 unspecified atom stereocenters. The van der Waals surface area contributed by atoms with Gasteiger partial charge in [0.05, 0.1) is 23.2 Å². The zero-order valence-electron chi connectivity index (χ0n) is 11.4. The van der Waals surface area contributed by atoms with E-state index in [4.69, 9.17) is 22.4 Å². The number of carboxylic acids is 1. The summed E-state index contributed by atoms with van der Waals surface area (Å²) in [6.07, 6.45) is -0.0171. The molecular formula is C13H18ClN3O3. The van der Waals surface area contributed by atoms with Gasteiger partial charge in [-0.3, -0.25) is 14.5 Å². The molecule has 7 heteroatoms. The van der Waals surface area contributed by atoms with Crippen molar-refractivity contribution in [1.29, 1.82) is 0 Å². The third kappa shape index (κ3) is 4.71. The topological polar surface area (TPSA) is 95.7 Å². The van der Waals surface area contributed by atoms with Crippen molar-refractivity contribution in [3.8, 4) is 0 Å². The van der Waals surface area contributed by atoms with Crippen molar-refractivity contribution in [2.24, 2.45) is 0 Å². The second-order valence-corrected chi connectivity index (χ2v) is 4.94. The van der Waals surface area contributed by atoms with Crippen LogP contribution in [0.1, 0.15) is 13.3 Å². The summed E-state index contributed by atoms with van der Waals surface area (Å²) in [6.45, 7) is 1.99. The van der Waals surface area contributed by atoms with Gasteiger partial charge in [-0.1, -0.05) is 11.6 Å². The highest BCUT2D eigenvalue weighted by atomic mass is 35.5. The SMILES string of the molecule is CC(C(=O)Nc1ccc(N)cc1Cl)N(C)CCC(=O)O. The molecule has 0 radical (unpaired) electrons. The normalized spacial score (nSPS) is 12.2. The number of aliphatic carboxylic acids is 1. The minimum atomic E-state index is -0.897. The van der Waals surface area contributed by atoms with Crippen molar-refractivity contribution >= 4 is 34.9 Å². The second kappa shape index (κ2) is 7.12. The summed E-state index contributed by atoms with van der Waals surface area (Å²) in [6, 6.07) is 4.35. The Balaban J connectivity index is 2.63. The summed E-state index contributed by atoms with van der Waals surface area (Å²) in [5.41, 5.74) is 6.56. The van der Waals surface area contributed by atoms with Crippen LogP contribution < -0.4 is 11.1 Å². The molecule has 0 spiro atoms. The average molecular weight is 300 g/mol. The molecule has 0 aliphatic heterocycles. The monoisotopic (exact) mass is 299 g/mol. The van der Waals surface area contributed by atoms with Gasteiger partial charge >= 0.3 is 5.97 Å². The molecule has 1 amide bonds. The summed E-state index contributed by atoms with van der Waals surface area (Å²) in [5.74, 6) is -1.16. The number of hydrogen-bond donors (Lipinski definition) is 3. The maximum Gasteiger partial charge on any atom is 0.304 e. The van der Waals surface area contributed by atoms with E-state index in [2.05, 4.69) is 5.32 Å². The number of carboxylic acid groups (broad SMARTS) is 1. The molecule has 6 nitrogen and oxygen atoms in total. The van der Waals surface area contributed by atoms with Gasteiger partial charge in [-0.25, -0.2) is 0 Å². The smallest absolute Gasteiger partial charge is 0.304 e. The first-order valence-corrected chi connectivity index (χ1v) is 6.47. The highest BCUT2D eigenvalue weighted by Crippen LogP contribution is 2.24. The van der Waals surface area contributed by atoms with Crippen LogP contribution in [0.2, 0.25) is 5.02 Å². The highest BCUT2D eigenvalue weighted by Gasteiger charge is 2.19. The molecular weight excluding hydrogens is 282 g/mol. The maximum absolute atomic E-state index is 12.0. The highest BCUT2D eigenvalue weighted by molar-refractivity contribution is 6.34. The zero-order chi connectivity index (χ0) is 15.3. The number of hydrogen-bond acceptors (Lipinski definition) is 4. The van der Waals surface area contributed by atoms with E-state index in [0.29, 0.717) is 22.9 Å². The largest absolute Gasteiger partial charge is 0.481 e. The summed E-state index contributed by atoms with van der Waals surface area (Å²) in [4.78, 5) is 24.2. The van der Waals surface area contributed by atoms with E-state index in [1.165, 1.54) is 0 Å². The lowest BCUT2D eigenvalue weighted by Gasteiger charge is -2.23. The number of anilines is 2. The summed E-state index contributed by atoms with van der Waals surface area (Å²) in [5, 5.41) is 11.7. The lowest BCUT2D eigenvalue weighted by Crippen LogP contribution is -2.40.